The highest BCUT2D eigenvalue weighted by Crippen LogP contribution is 2.21. The van der Waals surface area contributed by atoms with Gasteiger partial charge in [-0.1, -0.05) is 6.07 Å². The van der Waals surface area contributed by atoms with E-state index in [-0.39, 0.29) is 36.8 Å². The van der Waals surface area contributed by atoms with Crippen LogP contribution in [0, 0.1) is 0 Å². The minimum atomic E-state index is 0. The van der Waals surface area contributed by atoms with E-state index in [2.05, 4.69) is 29.0 Å². The second-order valence-electron chi connectivity index (χ2n) is 5.60. The van der Waals surface area contributed by atoms with Crippen LogP contribution in [-0.2, 0) is 4.79 Å². The van der Waals surface area contributed by atoms with Crippen molar-refractivity contribution in [3.05, 3.63) is 30.1 Å². The molecule has 7 heteroatoms. The predicted octanol–water partition coefficient (Wildman–Crippen LogP) is 1.74. The number of halogens is 2. The second kappa shape index (κ2) is 10.0. The summed E-state index contributed by atoms with van der Waals surface area (Å²) in [7, 11) is 1.99. The molecule has 0 spiro atoms. The molecular formula is C15H26Cl2N4O. The van der Waals surface area contributed by atoms with Crippen LogP contribution in [0.3, 0.4) is 0 Å². The Labute approximate surface area is 145 Å². The van der Waals surface area contributed by atoms with Crippen LogP contribution in [0.2, 0.25) is 0 Å². The number of pyridine rings is 1. The van der Waals surface area contributed by atoms with E-state index >= 15 is 0 Å². The first-order valence-electron chi connectivity index (χ1n) is 7.20. The molecule has 0 aliphatic carbocycles. The number of nitrogens with one attached hydrogen (secondary N) is 1. The number of piperazine rings is 1. The molecule has 1 amide bonds. The van der Waals surface area contributed by atoms with Gasteiger partial charge in [0.15, 0.2) is 0 Å². The van der Waals surface area contributed by atoms with E-state index in [1.54, 1.807) is 6.20 Å². The number of hydrogen-bond acceptors (Lipinski definition) is 4. The molecule has 0 saturated carbocycles. The molecule has 5 nitrogen and oxygen atoms in total. The fourth-order valence-corrected chi connectivity index (χ4v) is 2.36. The lowest BCUT2D eigenvalue weighted by Gasteiger charge is -2.37. The van der Waals surface area contributed by atoms with Crippen molar-refractivity contribution >= 4 is 30.7 Å². The molecule has 2 heterocycles. The molecule has 1 fully saturated rings. The van der Waals surface area contributed by atoms with E-state index in [0.29, 0.717) is 12.6 Å². The van der Waals surface area contributed by atoms with Gasteiger partial charge in [-0.05, 0) is 32.5 Å². The van der Waals surface area contributed by atoms with Gasteiger partial charge in [0.25, 0.3) is 0 Å². The van der Waals surface area contributed by atoms with Crippen molar-refractivity contribution in [2.45, 2.75) is 25.9 Å². The van der Waals surface area contributed by atoms with Crippen LogP contribution < -0.4 is 5.32 Å². The van der Waals surface area contributed by atoms with Gasteiger partial charge in [-0.2, -0.15) is 0 Å². The average molecular weight is 349 g/mol. The van der Waals surface area contributed by atoms with Gasteiger partial charge in [0, 0.05) is 38.1 Å². The number of likely N-dealkylation sites (N-methyl/N-ethyl adjacent to an activating group) is 1. The van der Waals surface area contributed by atoms with Crippen molar-refractivity contribution in [3.8, 4) is 0 Å². The summed E-state index contributed by atoms with van der Waals surface area (Å²) in [6, 6.07) is 4.42. The van der Waals surface area contributed by atoms with Crippen LogP contribution in [0.25, 0.3) is 0 Å². The van der Waals surface area contributed by atoms with Gasteiger partial charge in [0.05, 0.1) is 12.6 Å². The zero-order valence-electron chi connectivity index (χ0n) is 13.4. The third-order valence-electron chi connectivity index (χ3n) is 3.90. The van der Waals surface area contributed by atoms with Gasteiger partial charge in [0.2, 0.25) is 5.91 Å². The molecule has 0 radical (unpaired) electrons. The average Bonchev–Trinajstić information content (AvgIpc) is 2.48. The molecule has 1 aromatic rings. The maximum atomic E-state index is 12.5. The van der Waals surface area contributed by atoms with Crippen molar-refractivity contribution < 1.29 is 4.79 Å². The van der Waals surface area contributed by atoms with Crippen molar-refractivity contribution in [1.82, 2.24) is 20.1 Å². The summed E-state index contributed by atoms with van der Waals surface area (Å²) in [5.74, 6) is 0.191. The molecule has 1 aliphatic heterocycles. The summed E-state index contributed by atoms with van der Waals surface area (Å²) >= 11 is 0. The molecule has 1 saturated heterocycles. The SMILES string of the molecule is CC(C)N(C)CC(=O)N1CCNCC1c1cccnc1.Cl.Cl. The first-order chi connectivity index (χ1) is 9.59. The first-order valence-corrected chi connectivity index (χ1v) is 7.20. The fraction of sp³-hybridized carbons (Fsp3) is 0.600. The predicted molar refractivity (Wildman–Crippen MR) is 93.8 cm³/mol. The maximum Gasteiger partial charge on any atom is 0.237 e. The van der Waals surface area contributed by atoms with E-state index in [0.717, 1.165) is 25.2 Å². The summed E-state index contributed by atoms with van der Waals surface area (Å²) in [4.78, 5) is 20.8. The van der Waals surface area contributed by atoms with Gasteiger partial charge in [-0.15, -0.1) is 24.8 Å². The Balaban J connectivity index is 0.00000220. The van der Waals surface area contributed by atoms with Gasteiger partial charge < -0.3 is 10.2 Å². The Morgan fingerprint density at radius 2 is 2.23 bits per heavy atom. The Kier molecular flexibility index (Phi) is 9.60. The van der Waals surface area contributed by atoms with Crippen molar-refractivity contribution in [1.29, 1.82) is 0 Å². The molecule has 126 valence electrons. The highest BCUT2D eigenvalue weighted by atomic mass is 35.5. The molecule has 1 atom stereocenters. The van der Waals surface area contributed by atoms with E-state index in [4.69, 9.17) is 0 Å². The highest BCUT2D eigenvalue weighted by molar-refractivity contribution is 5.85. The third kappa shape index (κ3) is 5.39. The monoisotopic (exact) mass is 348 g/mol. The van der Waals surface area contributed by atoms with Crippen LogP contribution in [0.5, 0.6) is 0 Å². The number of amides is 1. The standard InChI is InChI=1S/C15H24N4O.2ClH/c1-12(2)18(3)11-15(20)19-8-7-17-10-14(19)13-5-4-6-16-9-13;;/h4-6,9,12,14,17H,7-8,10-11H2,1-3H3;2*1H. The topological polar surface area (TPSA) is 48.5 Å². The molecular weight excluding hydrogens is 323 g/mol. The summed E-state index contributed by atoms with van der Waals surface area (Å²) in [6.45, 7) is 7.07. The zero-order valence-corrected chi connectivity index (χ0v) is 15.0. The quantitative estimate of drug-likeness (QED) is 0.900. The minimum Gasteiger partial charge on any atom is -0.332 e. The highest BCUT2D eigenvalue weighted by Gasteiger charge is 2.28. The van der Waals surface area contributed by atoms with E-state index in [1.807, 2.05) is 30.3 Å². The van der Waals surface area contributed by atoms with Crippen molar-refractivity contribution in [3.63, 3.8) is 0 Å². The number of aromatic nitrogens is 1. The second-order valence-corrected chi connectivity index (χ2v) is 5.60. The van der Waals surface area contributed by atoms with Crippen molar-refractivity contribution in [2.75, 3.05) is 33.2 Å². The minimum absolute atomic E-state index is 0. The van der Waals surface area contributed by atoms with Crippen LogP contribution >= 0.6 is 24.8 Å². The van der Waals surface area contributed by atoms with Crippen LogP contribution in [0.1, 0.15) is 25.5 Å². The number of nitrogens with zero attached hydrogens (tertiary/aromatic N) is 3. The van der Waals surface area contributed by atoms with Crippen LogP contribution in [-0.4, -0.2) is 60.0 Å². The number of rotatable bonds is 4. The molecule has 0 bridgehead atoms. The van der Waals surface area contributed by atoms with Gasteiger partial charge in [-0.25, -0.2) is 0 Å². The molecule has 1 aromatic heterocycles. The molecule has 1 unspecified atom stereocenters. The Morgan fingerprint density at radius 3 is 2.82 bits per heavy atom. The summed E-state index contributed by atoms with van der Waals surface area (Å²) in [5, 5.41) is 3.36. The Hall–Kier alpha value is -0.880. The Morgan fingerprint density at radius 1 is 1.50 bits per heavy atom. The van der Waals surface area contributed by atoms with E-state index in [1.165, 1.54) is 0 Å². The summed E-state index contributed by atoms with van der Waals surface area (Å²) in [5.41, 5.74) is 1.10. The molecule has 0 aromatic carbocycles. The molecule has 1 N–H and O–H groups in total. The first kappa shape index (κ1) is 21.1. The van der Waals surface area contributed by atoms with E-state index < -0.39 is 0 Å². The zero-order chi connectivity index (χ0) is 14.5. The Bertz CT molecular complexity index is 444. The molecule has 2 rings (SSSR count). The van der Waals surface area contributed by atoms with Gasteiger partial charge in [0.1, 0.15) is 0 Å². The van der Waals surface area contributed by atoms with Crippen LogP contribution in [0.15, 0.2) is 24.5 Å². The van der Waals surface area contributed by atoms with Gasteiger partial charge >= 0.3 is 0 Å². The number of hydrogen-bond donors (Lipinski definition) is 1. The van der Waals surface area contributed by atoms with Crippen LogP contribution in [0.4, 0.5) is 0 Å². The van der Waals surface area contributed by atoms with Crippen molar-refractivity contribution in [2.24, 2.45) is 0 Å². The molecule has 22 heavy (non-hydrogen) atoms. The summed E-state index contributed by atoms with van der Waals surface area (Å²) < 4.78 is 0. The fourth-order valence-electron chi connectivity index (χ4n) is 2.36. The lowest BCUT2D eigenvalue weighted by Crippen LogP contribution is -2.51. The normalized spacial score (nSPS) is 17.9. The summed E-state index contributed by atoms with van der Waals surface area (Å²) in [6.07, 6.45) is 3.61. The maximum absolute atomic E-state index is 12.5. The van der Waals surface area contributed by atoms with Gasteiger partial charge in [-0.3, -0.25) is 14.7 Å². The largest absolute Gasteiger partial charge is 0.332 e. The lowest BCUT2D eigenvalue weighted by atomic mass is 10.1. The molecule has 1 aliphatic rings. The third-order valence-corrected chi connectivity index (χ3v) is 3.90. The number of carbonyl (C=O) groups is 1. The smallest absolute Gasteiger partial charge is 0.237 e. The number of carbonyl (C=O) groups excluding carboxylic acids is 1. The van der Waals surface area contributed by atoms with E-state index in [9.17, 15) is 4.79 Å². The lowest BCUT2D eigenvalue weighted by molar-refractivity contribution is -0.135.